The first-order valence-electron chi connectivity index (χ1n) is 7.86. The Bertz CT molecular complexity index is 186. The molecule has 2 atom stereocenters. The highest BCUT2D eigenvalue weighted by Gasteiger charge is 2.35. The van der Waals surface area contributed by atoms with E-state index in [1.54, 1.807) is 25.7 Å². The van der Waals surface area contributed by atoms with Gasteiger partial charge < -0.3 is 0 Å². The Hall–Kier alpha value is 0. The Morgan fingerprint density at radius 2 is 1.12 bits per heavy atom. The van der Waals surface area contributed by atoms with E-state index < -0.39 is 0 Å². The number of hydrogen-bond acceptors (Lipinski definition) is 0. The van der Waals surface area contributed by atoms with Gasteiger partial charge in [-0.25, -0.2) is 0 Å². The molecule has 0 bridgehead atoms. The van der Waals surface area contributed by atoms with E-state index in [2.05, 4.69) is 13.8 Å². The van der Waals surface area contributed by atoms with Gasteiger partial charge in [0.15, 0.2) is 0 Å². The molecule has 2 aliphatic rings. The Balaban J connectivity index is 1.94. The lowest BCUT2D eigenvalue weighted by Crippen LogP contribution is -2.33. The van der Waals surface area contributed by atoms with E-state index in [1.165, 1.54) is 38.5 Å². The van der Waals surface area contributed by atoms with Gasteiger partial charge in [0, 0.05) is 0 Å². The van der Waals surface area contributed by atoms with Crippen molar-refractivity contribution < 1.29 is 0 Å². The zero-order chi connectivity index (χ0) is 11.4. The molecule has 2 aliphatic carbocycles. The van der Waals surface area contributed by atoms with Crippen LogP contribution in [-0.2, 0) is 0 Å². The standard InChI is InChI=1S/C16H30/c1-3-15(13-9-6-5-7-10-13)16(4-2)14-11-8-12-14/h13-16H,3-12H2,1-2H3. The fourth-order valence-corrected chi connectivity index (χ4v) is 4.40. The molecule has 0 aliphatic heterocycles. The maximum Gasteiger partial charge on any atom is -0.0357 e. The summed E-state index contributed by atoms with van der Waals surface area (Å²) in [7, 11) is 0. The first-order valence-corrected chi connectivity index (χ1v) is 7.86. The van der Waals surface area contributed by atoms with Crippen molar-refractivity contribution in [3.05, 3.63) is 0 Å². The van der Waals surface area contributed by atoms with Gasteiger partial charge in [0.1, 0.15) is 0 Å². The van der Waals surface area contributed by atoms with E-state index in [0.717, 1.165) is 23.7 Å². The summed E-state index contributed by atoms with van der Waals surface area (Å²) in [6, 6.07) is 0. The molecule has 0 N–H and O–H groups in total. The molecule has 0 amide bonds. The quantitative estimate of drug-likeness (QED) is 0.582. The lowest BCUT2D eigenvalue weighted by molar-refractivity contribution is 0.0803. The largest absolute Gasteiger partial charge is 0.0651 e. The van der Waals surface area contributed by atoms with Crippen LogP contribution in [0.5, 0.6) is 0 Å². The normalized spacial score (nSPS) is 27.4. The van der Waals surface area contributed by atoms with E-state index in [-0.39, 0.29) is 0 Å². The van der Waals surface area contributed by atoms with Gasteiger partial charge in [-0.2, -0.15) is 0 Å². The lowest BCUT2D eigenvalue weighted by Gasteiger charge is -2.42. The molecule has 2 fully saturated rings. The molecule has 0 heteroatoms. The summed E-state index contributed by atoms with van der Waals surface area (Å²) in [6.45, 7) is 4.88. The molecule has 16 heavy (non-hydrogen) atoms. The fraction of sp³-hybridized carbons (Fsp3) is 1.00. The predicted octanol–water partition coefficient (Wildman–Crippen LogP) is 5.42. The molecule has 0 saturated heterocycles. The van der Waals surface area contributed by atoms with Crippen LogP contribution in [0.2, 0.25) is 0 Å². The van der Waals surface area contributed by atoms with Gasteiger partial charge in [-0.15, -0.1) is 0 Å². The molecular weight excluding hydrogens is 192 g/mol. The summed E-state index contributed by atoms with van der Waals surface area (Å²) >= 11 is 0. The topological polar surface area (TPSA) is 0 Å². The minimum Gasteiger partial charge on any atom is -0.0651 e. The minimum atomic E-state index is 1.07. The molecule has 0 heterocycles. The summed E-state index contributed by atoms with van der Waals surface area (Å²) < 4.78 is 0. The Morgan fingerprint density at radius 3 is 1.44 bits per heavy atom. The Labute approximate surface area is 102 Å². The summed E-state index contributed by atoms with van der Waals surface area (Å²) in [5, 5.41) is 0. The highest BCUT2D eigenvalue weighted by Crippen LogP contribution is 2.45. The number of hydrogen-bond donors (Lipinski definition) is 0. The van der Waals surface area contributed by atoms with Crippen LogP contribution in [0, 0.1) is 23.7 Å². The first kappa shape index (κ1) is 12.5. The molecule has 0 aromatic carbocycles. The Kier molecular flexibility index (Phi) is 4.73. The van der Waals surface area contributed by atoms with Crippen molar-refractivity contribution >= 4 is 0 Å². The molecule has 0 aromatic rings. The van der Waals surface area contributed by atoms with Gasteiger partial charge in [-0.1, -0.05) is 78.1 Å². The van der Waals surface area contributed by atoms with Crippen LogP contribution < -0.4 is 0 Å². The smallest absolute Gasteiger partial charge is 0.0357 e. The van der Waals surface area contributed by atoms with Gasteiger partial charge in [0.2, 0.25) is 0 Å². The Morgan fingerprint density at radius 1 is 0.688 bits per heavy atom. The van der Waals surface area contributed by atoms with Crippen LogP contribution >= 0.6 is 0 Å². The first-order chi connectivity index (χ1) is 7.86. The van der Waals surface area contributed by atoms with E-state index in [1.807, 2.05) is 0 Å². The number of rotatable bonds is 5. The average molecular weight is 222 g/mol. The monoisotopic (exact) mass is 222 g/mol. The third-order valence-corrected chi connectivity index (χ3v) is 5.50. The van der Waals surface area contributed by atoms with Gasteiger partial charge in [-0.3, -0.25) is 0 Å². The van der Waals surface area contributed by atoms with Crippen molar-refractivity contribution in [1.82, 2.24) is 0 Å². The molecule has 94 valence electrons. The van der Waals surface area contributed by atoms with Crippen molar-refractivity contribution in [3.8, 4) is 0 Å². The van der Waals surface area contributed by atoms with E-state index in [0.29, 0.717) is 0 Å². The van der Waals surface area contributed by atoms with Crippen LogP contribution in [0.25, 0.3) is 0 Å². The third kappa shape index (κ3) is 2.63. The second-order valence-electron chi connectivity index (χ2n) is 6.23. The van der Waals surface area contributed by atoms with Crippen molar-refractivity contribution in [2.24, 2.45) is 23.7 Å². The molecule has 0 aromatic heterocycles. The third-order valence-electron chi connectivity index (χ3n) is 5.50. The highest BCUT2D eigenvalue weighted by atomic mass is 14.4. The zero-order valence-corrected chi connectivity index (χ0v) is 11.4. The summed E-state index contributed by atoms with van der Waals surface area (Å²) in [5.41, 5.74) is 0. The predicted molar refractivity (Wildman–Crippen MR) is 71.5 cm³/mol. The zero-order valence-electron chi connectivity index (χ0n) is 11.4. The maximum atomic E-state index is 2.45. The van der Waals surface area contributed by atoms with E-state index in [4.69, 9.17) is 0 Å². The lowest BCUT2D eigenvalue weighted by atomic mass is 9.63. The molecule has 0 radical (unpaired) electrons. The molecule has 2 saturated carbocycles. The van der Waals surface area contributed by atoms with Gasteiger partial charge >= 0.3 is 0 Å². The van der Waals surface area contributed by atoms with Crippen LogP contribution in [0.1, 0.15) is 78.1 Å². The summed E-state index contributed by atoms with van der Waals surface area (Å²) in [5.74, 6) is 4.33. The van der Waals surface area contributed by atoms with Crippen molar-refractivity contribution in [1.29, 1.82) is 0 Å². The molecular formula is C16H30. The summed E-state index contributed by atoms with van der Waals surface area (Å²) in [6.07, 6.45) is 15.1. The van der Waals surface area contributed by atoms with Crippen LogP contribution in [0.3, 0.4) is 0 Å². The van der Waals surface area contributed by atoms with Crippen molar-refractivity contribution in [2.75, 3.05) is 0 Å². The molecule has 0 spiro atoms. The summed E-state index contributed by atoms with van der Waals surface area (Å²) in [4.78, 5) is 0. The average Bonchev–Trinajstić information content (AvgIpc) is 2.27. The van der Waals surface area contributed by atoms with E-state index in [9.17, 15) is 0 Å². The minimum absolute atomic E-state index is 1.07. The second kappa shape index (κ2) is 6.07. The highest BCUT2D eigenvalue weighted by molar-refractivity contribution is 4.85. The van der Waals surface area contributed by atoms with Crippen LogP contribution in [0.4, 0.5) is 0 Å². The van der Waals surface area contributed by atoms with Crippen LogP contribution in [-0.4, -0.2) is 0 Å². The van der Waals surface area contributed by atoms with Crippen molar-refractivity contribution in [3.63, 3.8) is 0 Å². The van der Waals surface area contributed by atoms with Crippen LogP contribution in [0.15, 0.2) is 0 Å². The molecule has 0 nitrogen and oxygen atoms in total. The van der Waals surface area contributed by atoms with Crippen molar-refractivity contribution in [2.45, 2.75) is 78.1 Å². The molecule has 2 rings (SSSR count). The fourth-order valence-electron chi connectivity index (χ4n) is 4.40. The molecule has 2 unspecified atom stereocenters. The van der Waals surface area contributed by atoms with Gasteiger partial charge in [0.25, 0.3) is 0 Å². The van der Waals surface area contributed by atoms with E-state index >= 15 is 0 Å². The maximum absolute atomic E-state index is 2.45. The second-order valence-corrected chi connectivity index (χ2v) is 6.23. The SMILES string of the molecule is CCC(C1CCCCC1)C(CC)C1CCC1. The van der Waals surface area contributed by atoms with Gasteiger partial charge in [-0.05, 0) is 23.7 Å². The van der Waals surface area contributed by atoms with Gasteiger partial charge in [0.05, 0.1) is 0 Å².